The molecule has 0 N–H and O–H groups in total. The summed E-state index contributed by atoms with van der Waals surface area (Å²) >= 11 is 13.9. The Balaban J connectivity index is 2.32. The van der Waals surface area contributed by atoms with Crippen molar-refractivity contribution < 1.29 is 0 Å². The molecule has 0 spiro atoms. The number of rotatable bonds is 3. The van der Waals surface area contributed by atoms with Crippen LogP contribution in [0.3, 0.4) is 0 Å². The molecule has 0 aliphatic rings. The van der Waals surface area contributed by atoms with E-state index in [1.54, 1.807) is 11.3 Å². The zero-order valence-corrected chi connectivity index (χ0v) is 11.9. The van der Waals surface area contributed by atoms with Crippen LogP contribution < -0.4 is 0 Å². The van der Waals surface area contributed by atoms with E-state index in [0.717, 1.165) is 5.56 Å². The monoisotopic (exact) mass is 286 g/mol. The van der Waals surface area contributed by atoms with Gasteiger partial charge in [-0.15, -0.1) is 11.3 Å². The molecule has 17 heavy (non-hydrogen) atoms. The van der Waals surface area contributed by atoms with Crippen LogP contribution in [0.5, 0.6) is 0 Å². The largest absolute Gasteiger partial charge is 0.220 e. The fraction of sp³-hybridized carbons (Fsp3) is 0.333. The molecule has 2 nitrogen and oxygen atoms in total. The van der Waals surface area contributed by atoms with Crippen molar-refractivity contribution in [2.24, 2.45) is 0 Å². The van der Waals surface area contributed by atoms with Gasteiger partial charge in [0.25, 0.3) is 0 Å². The highest BCUT2D eigenvalue weighted by Crippen LogP contribution is 2.29. The summed E-state index contributed by atoms with van der Waals surface area (Å²) in [5, 5.41) is 2.96. The molecule has 90 valence electrons. The Morgan fingerprint density at radius 1 is 1.24 bits per heavy atom. The van der Waals surface area contributed by atoms with Crippen LogP contribution in [0.2, 0.25) is 10.3 Å². The number of thiophene rings is 1. The second-order valence-electron chi connectivity index (χ2n) is 4.05. The van der Waals surface area contributed by atoms with Gasteiger partial charge in [-0.05, 0) is 17.4 Å². The van der Waals surface area contributed by atoms with Crippen molar-refractivity contribution in [3.05, 3.63) is 44.1 Å². The Morgan fingerprint density at radius 2 is 1.88 bits per heavy atom. The van der Waals surface area contributed by atoms with Gasteiger partial charge in [-0.3, -0.25) is 0 Å². The number of halogens is 2. The smallest absolute Gasteiger partial charge is 0.137 e. The average molecular weight is 287 g/mol. The molecule has 5 heteroatoms. The minimum atomic E-state index is 0.228. The summed E-state index contributed by atoms with van der Waals surface area (Å²) in [6.07, 6.45) is 0.676. The van der Waals surface area contributed by atoms with Gasteiger partial charge in [0.15, 0.2) is 0 Å². The third-order valence-electron chi connectivity index (χ3n) is 2.39. The molecule has 2 aromatic heterocycles. The highest BCUT2D eigenvalue weighted by atomic mass is 35.5. The summed E-state index contributed by atoms with van der Waals surface area (Å²) in [5.41, 5.74) is 0.822. The lowest BCUT2D eigenvalue weighted by atomic mass is 10.1. The van der Waals surface area contributed by atoms with Gasteiger partial charge in [-0.1, -0.05) is 43.1 Å². The molecular weight excluding hydrogens is 275 g/mol. The standard InChI is InChI=1S/C12H12Cl2N2S/c1-7(2)10-11(13)15-9(16-12(10)14)6-8-4-3-5-17-8/h3-5,7H,6H2,1-2H3. The number of hydrogen-bond donors (Lipinski definition) is 0. The first-order chi connectivity index (χ1) is 8.08. The van der Waals surface area contributed by atoms with Crippen molar-refractivity contribution in [3.8, 4) is 0 Å². The highest BCUT2D eigenvalue weighted by molar-refractivity contribution is 7.09. The summed E-state index contributed by atoms with van der Waals surface area (Å²) in [4.78, 5) is 9.82. The molecule has 0 radical (unpaired) electrons. The Bertz CT molecular complexity index is 486. The van der Waals surface area contributed by atoms with Crippen molar-refractivity contribution in [1.29, 1.82) is 0 Å². The predicted molar refractivity (Wildman–Crippen MR) is 73.3 cm³/mol. The van der Waals surface area contributed by atoms with Gasteiger partial charge in [0.05, 0.1) is 0 Å². The van der Waals surface area contributed by atoms with E-state index < -0.39 is 0 Å². The third-order valence-corrected chi connectivity index (χ3v) is 3.84. The maximum absolute atomic E-state index is 6.14. The van der Waals surface area contributed by atoms with Gasteiger partial charge in [0.1, 0.15) is 16.1 Å². The van der Waals surface area contributed by atoms with Crippen molar-refractivity contribution >= 4 is 34.5 Å². The zero-order valence-electron chi connectivity index (χ0n) is 9.58. The molecule has 0 aliphatic carbocycles. The lowest BCUT2D eigenvalue weighted by Crippen LogP contribution is -2.02. The number of hydrogen-bond acceptors (Lipinski definition) is 3. The summed E-state index contributed by atoms with van der Waals surface area (Å²) in [6, 6.07) is 4.05. The van der Waals surface area contributed by atoms with Gasteiger partial charge >= 0.3 is 0 Å². The van der Waals surface area contributed by atoms with E-state index in [1.165, 1.54) is 4.88 Å². The van der Waals surface area contributed by atoms with Crippen LogP contribution in [0.1, 0.15) is 36.0 Å². The fourth-order valence-corrected chi connectivity index (χ4v) is 3.14. The molecule has 0 atom stereocenters. The van der Waals surface area contributed by atoms with Crippen molar-refractivity contribution in [3.63, 3.8) is 0 Å². The Morgan fingerprint density at radius 3 is 2.35 bits per heavy atom. The Labute approximate surface area is 115 Å². The van der Waals surface area contributed by atoms with E-state index in [2.05, 4.69) is 9.97 Å². The Kier molecular flexibility index (Phi) is 4.02. The summed E-state index contributed by atoms with van der Waals surface area (Å²) in [6.45, 7) is 4.05. The van der Waals surface area contributed by atoms with E-state index >= 15 is 0 Å². The van der Waals surface area contributed by atoms with Crippen LogP contribution in [-0.2, 0) is 6.42 Å². The third kappa shape index (κ3) is 2.97. The van der Waals surface area contributed by atoms with Gasteiger partial charge in [-0.25, -0.2) is 9.97 Å². The second-order valence-corrected chi connectivity index (χ2v) is 5.79. The normalized spacial score (nSPS) is 11.1. The maximum Gasteiger partial charge on any atom is 0.137 e. The van der Waals surface area contributed by atoms with E-state index in [4.69, 9.17) is 23.2 Å². The van der Waals surface area contributed by atoms with Gasteiger partial charge in [0.2, 0.25) is 0 Å². The van der Waals surface area contributed by atoms with Crippen LogP contribution in [0.4, 0.5) is 0 Å². The highest BCUT2D eigenvalue weighted by Gasteiger charge is 2.14. The molecule has 2 aromatic rings. The van der Waals surface area contributed by atoms with E-state index in [1.807, 2.05) is 31.4 Å². The predicted octanol–water partition coefficient (Wildman–Crippen LogP) is 4.56. The second kappa shape index (κ2) is 5.34. The van der Waals surface area contributed by atoms with Crippen LogP contribution in [0.15, 0.2) is 17.5 Å². The molecule has 0 saturated carbocycles. The van der Waals surface area contributed by atoms with E-state index in [-0.39, 0.29) is 5.92 Å². The van der Waals surface area contributed by atoms with Crippen LogP contribution >= 0.6 is 34.5 Å². The quantitative estimate of drug-likeness (QED) is 0.773. The molecule has 0 unspecified atom stereocenters. The van der Waals surface area contributed by atoms with Crippen molar-refractivity contribution in [1.82, 2.24) is 9.97 Å². The van der Waals surface area contributed by atoms with Crippen LogP contribution in [-0.4, -0.2) is 9.97 Å². The minimum Gasteiger partial charge on any atom is -0.220 e. The lowest BCUT2D eigenvalue weighted by Gasteiger charge is -2.10. The maximum atomic E-state index is 6.14. The topological polar surface area (TPSA) is 25.8 Å². The van der Waals surface area contributed by atoms with E-state index in [0.29, 0.717) is 22.6 Å². The van der Waals surface area contributed by atoms with Gasteiger partial charge < -0.3 is 0 Å². The molecule has 0 aromatic carbocycles. The molecule has 2 rings (SSSR count). The zero-order chi connectivity index (χ0) is 12.4. The Hall–Kier alpha value is -0.640. The molecule has 0 fully saturated rings. The molecular formula is C12H12Cl2N2S. The van der Waals surface area contributed by atoms with Gasteiger partial charge in [0, 0.05) is 16.9 Å². The number of aromatic nitrogens is 2. The van der Waals surface area contributed by atoms with Crippen molar-refractivity contribution in [2.45, 2.75) is 26.2 Å². The lowest BCUT2D eigenvalue weighted by molar-refractivity contribution is 0.832. The molecule has 0 saturated heterocycles. The molecule has 2 heterocycles. The average Bonchev–Trinajstić information content (AvgIpc) is 2.68. The SMILES string of the molecule is CC(C)c1c(Cl)nc(Cc2cccs2)nc1Cl. The summed E-state index contributed by atoms with van der Waals surface area (Å²) in [5.74, 6) is 0.901. The first-order valence-electron chi connectivity index (χ1n) is 5.32. The first kappa shape index (κ1) is 12.8. The van der Waals surface area contributed by atoms with Gasteiger partial charge in [-0.2, -0.15) is 0 Å². The number of nitrogens with zero attached hydrogens (tertiary/aromatic N) is 2. The summed E-state index contributed by atoms with van der Waals surface area (Å²) in [7, 11) is 0. The molecule has 0 aliphatic heterocycles. The van der Waals surface area contributed by atoms with Crippen LogP contribution in [0, 0.1) is 0 Å². The van der Waals surface area contributed by atoms with Crippen molar-refractivity contribution in [2.75, 3.05) is 0 Å². The first-order valence-corrected chi connectivity index (χ1v) is 6.95. The molecule has 0 bridgehead atoms. The summed E-state index contributed by atoms with van der Waals surface area (Å²) < 4.78 is 0. The van der Waals surface area contributed by atoms with E-state index in [9.17, 15) is 0 Å². The van der Waals surface area contributed by atoms with Crippen LogP contribution in [0.25, 0.3) is 0 Å². The minimum absolute atomic E-state index is 0.228. The fourth-order valence-electron chi connectivity index (χ4n) is 1.58. The molecule has 0 amide bonds.